The lowest BCUT2D eigenvalue weighted by atomic mass is 10.0. The molecule has 1 heterocycles. The van der Waals surface area contributed by atoms with Gasteiger partial charge in [-0.25, -0.2) is 0 Å². The van der Waals surface area contributed by atoms with Crippen LogP contribution in [0.4, 0.5) is 0 Å². The summed E-state index contributed by atoms with van der Waals surface area (Å²) in [5.74, 6) is 0.773. The SMILES string of the molecule is CNC(CCN1CC(C)C(N(C)C)C1)c1ccccc1. The molecule has 2 rings (SSSR count). The molecule has 1 fully saturated rings. The molecule has 1 aliphatic heterocycles. The summed E-state index contributed by atoms with van der Waals surface area (Å²) >= 11 is 0. The number of rotatable bonds is 6. The van der Waals surface area contributed by atoms with Crippen molar-refractivity contribution in [3.8, 4) is 0 Å². The summed E-state index contributed by atoms with van der Waals surface area (Å²) < 4.78 is 0. The minimum Gasteiger partial charge on any atom is -0.313 e. The first-order valence-corrected chi connectivity index (χ1v) is 7.72. The molecule has 1 aliphatic rings. The standard InChI is InChI=1S/C17H29N3/c1-14-12-20(13-17(14)19(3)4)11-10-16(18-2)15-8-6-5-7-9-15/h5-9,14,16-18H,10-13H2,1-4H3. The summed E-state index contributed by atoms with van der Waals surface area (Å²) in [6, 6.07) is 11.9. The summed E-state index contributed by atoms with van der Waals surface area (Å²) in [6.07, 6.45) is 1.17. The number of nitrogens with zero attached hydrogens (tertiary/aromatic N) is 2. The zero-order valence-corrected chi connectivity index (χ0v) is 13.3. The van der Waals surface area contributed by atoms with Gasteiger partial charge in [0.1, 0.15) is 0 Å². The molecule has 1 aromatic carbocycles. The molecule has 0 bridgehead atoms. The predicted octanol–water partition coefficient (Wildman–Crippen LogP) is 2.22. The van der Waals surface area contributed by atoms with E-state index in [9.17, 15) is 0 Å². The number of likely N-dealkylation sites (N-methyl/N-ethyl adjacent to an activating group) is 1. The fraction of sp³-hybridized carbons (Fsp3) is 0.647. The van der Waals surface area contributed by atoms with Gasteiger partial charge in [-0.15, -0.1) is 0 Å². The highest BCUT2D eigenvalue weighted by Crippen LogP contribution is 2.22. The third kappa shape index (κ3) is 3.81. The molecule has 0 aromatic heterocycles. The minimum absolute atomic E-state index is 0.463. The highest BCUT2D eigenvalue weighted by molar-refractivity contribution is 5.18. The van der Waals surface area contributed by atoms with Crippen LogP contribution in [0.3, 0.4) is 0 Å². The van der Waals surface area contributed by atoms with Crippen molar-refractivity contribution in [3.05, 3.63) is 35.9 Å². The van der Waals surface area contributed by atoms with Gasteiger partial charge >= 0.3 is 0 Å². The zero-order chi connectivity index (χ0) is 14.5. The Morgan fingerprint density at radius 2 is 1.95 bits per heavy atom. The van der Waals surface area contributed by atoms with Crippen LogP contribution in [0.2, 0.25) is 0 Å². The van der Waals surface area contributed by atoms with E-state index in [2.05, 4.69) is 73.5 Å². The fourth-order valence-corrected chi connectivity index (χ4v) is 3.38. The third-order valence-electron chi connectivity index (χ3n) is 4.60. The monoisotopic (exact) mass is 275 g/mol. The molecule has 3 nitrogen and oxygen atoms in total. The van der Waals surface area contributed by atoms with Crippen LogP contribution in [0.5, 0.6) is 0 Å². The second-order valence-electron chi connectivity index (χ2n) is 6.31. The summed E-state index contributed by atoms with van der Waals surface area (Å²) in [5, 5.41) is 3.45. The van der Waals surface area contributed by atoms with Crippen LogP contribution >= 0.6 is 0 Å². The van der Waals surface area contributed by atoms with Crippen molar-refractivity contribution < 1.29 is 0 Å². The van der Waals surface area contributed by atoms with E-state index >= 15 is 0 Å². The highest BCUT2D eigenvalue weighted by Gasteiger charge is 2.30. The molecule has 20 heavy (non-hydrogen) atoms. The smallest absolute Gasteiger partial charge is 0.0329 e. The fourth-order valence-electron chi connectivity index (χ4n) is 3.38. The molecule has 0 saturated carbocycles. The van der Waals surface area contributed by atoms with Crippen molar-refractivity contribution in [3.63, 3.8) is 0 Å². The van der Waals surface area contributed by atoms with E-state index in [-0.39, 0.29) is 0 Å². The largest absolute Gasteiger partial charge is 0.313 e. The second kappa shape index (κ2) is 7.21. The lowest BCUT2D eigenvalue weighted by Crippen LogP contribution is -2.34. The molecule has 0 aliphatic carbocycles. The molecule has 0 radical (unpaired) electrons. The van der Waals surface area contributed by atoms with Crippen molar-refractivity contribution in [1.29, 1.82) is 0 Å². The molecule has 0 spiro atoms. The lowest BCUT2D eigenvalue weighted by molar-refractivity contribution is 0.248. The van der Waals surface area contributed by atoms with Crippen molar-refractivity contribution in [2.45, 2.75) is 25.4 Å². The van der Waals surface area contributed by atoms with Crippen molar-refractivity contribution in [2.24, 2.45) is 5.92 Å². The molecule has 3 heteroatoms. The van der Waals surface area contributed by atoms with Gasteiger partial charge in [0.2, 0.25) is 0 Å². The molecule has 1 saturated heterocycles. The van der Waals surface area contributed by atoms with E-state index in [1.54, 1.807) is 0 Å². The molecule has 1 N–H and O–H groups in total. The maximum absolute atomic E-state index is 3.45. The van der Waals surface area contributed by atoms with E-state index in [1.165, 1.54) is 31.6 Å². The van der Waals surface area contributed by atoms with Gasteiger partial charge in [0.05, 0.1) is 0 Å². The lowest BCUT2D eigenvalue weighted by Gasteiger charge is -2.23. The summed E-state index contributed by atoms with van der Waals surface area (Å²) in [4.78, 5) is 4.99. The Balaban J connectivity index is 1.86. The minimum atomic E-state index is 0.463. The molecule has 0 amide bonds. The Labute approximate surface area is 124 Å². The van der Waals surface area contributed by atoms with Gasteiger partial charge in [-0.1, -0.05) is 37.3 Å². The highest BCUT2D eigenvalue weighted by atomic mass is 15.2. The third-order valence-corrected chi connectivity index (χ3v) is 4.60. The number of likely N-dealkylation sites (tertiary alicyclic amines) is 1. The van der Waals surface area contributed by atoms with Crippen molar-refractivity contribution in [1.82, 2.24) is 15.1 Å². The molecule has 112 valence electrons. The first-order chi connectivity index (χ1) is 9.61. The first kappa shape index (κ1) is 15.5. The number of hydrogen-bond acceptors (Lipinski definition) is 3. The topological polar surface area (TPSA) is 18.5 Å². The van der Waals surface area contributed by atoms with Crippen LogP contribution in [0.1, 0.15) is 24.9 Å². The first-order valence-electron chi connectivity index (χ1n) is 7.72. The molecule has 3 atom stereocenters. The Hall–Kier alpha value is -0.900. The van der Waals surface area contributed by atoms with Gasteiger partial charge in [-0.05, 0) is 39.0 Å². The summed E-state index contributed by atoms with van der Waals surface area (Å²) in [6.45, 7) is 5.99. The average molecular weight is 275 g/mol. The van der Waals surface area contributed by atoms with Crippen LogP contribution in [0.25, 0.3) is 0 Å². The van der Waals surface area contributed by atoms with Gasteiger partial charge < -0.3 is 15.1 Å². The Bertz CT molecular complexity index is 390. The van der Waals surface area contributed by atoms with E-state index < -0.39 is 0 Å². The molecular weight excluding hydrogens is 246 g/mol. The van der Waals surface area contributed by atoms with E-state index in [1.807, 2.05) is 0 Å². The van der Waals surface area contributed by atoms with Gasteiger partial charge in [0.15, 0.2) is 0 Å². The van der Waals surface area contributed by atoms with Gasteiger partial charge in [0, 0.05) is 31.7 Å². The molecule has 3 unspecified atom stereocenters. The van der Waals surface area contributed by atoms with Gasteiger partial charge in [0.25, 0.3) is 0 Å². The number of benzene rings is 1. The number of hydrogen-bond donors (Lipinski definition) is 1. The van der Waals surface area contributed by atoms with Crippen LogP contribution in [-0.4, -0.2) is 56.6 Å². The number of nitrogens with one attached hydrogen (secondary N) is 1. The maximum atomic E-state index is 3.45. The van der Waals surface area contributed by atoms with Crippen LogP contribution < -0.4 is 5.32 Å². The van der Waals surface area contributed by atoms with Crippen LogP contribution in [0.15, 0.2) is 30.3 Å². The van der Waals surface area contributed by atoms with E-state index in [4.69, 9.17) is 0 Å². The summed E-state index contributed by atoms with van der Waals surface area (Å²) in [5.41, 5.74) is 1.39. The summed E-state index contributed by atoms with van der Waals surface area (Å²) in [7, 11) is 6.46. The zero-order valence-electron chi connectivity index (χ0n) is 13.3. The van der Waals surface area contributed by atoms with Crippen LogP contribution in [0, 0.1) is 5.92 Å². The van der Waals surface area contributed by atoms with E-state index in [0.717, 1.165) is 5.92 Å². The Morgan fingerprint density at radius 3 is 2.50 bits per heavy atom. The Kier molecular flexibility index (Phi) is 5.58. The molecular formula is C17H29N3. The van der Waals surface area contributed by atoms with Gasteiger partial charge in [-0.2, -0.15) is 0 Å². The van der Waals surface area contributed by atoms with Crippen LogP contribution in [-0.2, 0) is 0 Å². The maximum Gasteiger partial charge on any atom is 0.0329 e. The van der Waals surface area contributed by atoms with Gasteiger partial charge in [-0.3, -0.25) is 0 Å². The second-order valence-corrected chi connectivity index (χ2v) is 6.31. The van der Waals surface area contributed by atoms with Crippen molar-refractivity contribution in [2.75, 3.05) is 40.8 Å². The molecule has 1 aromatic rings. The Morgan fingerprint density at radius 1 is 1.25 bits per heavy atom. The van der Waals surface area contributed by atoms with Crippen molar-refractivity contribution >= 4 is 0 Å². The average Bonchev–Trinajstić information content (AvgIpc) is 2.82. The predicted molar refractivity (Wildman–Crippen MR) is 85.9 cm³/mol. The normalized spacial score (nSPS) is 25.2. The van der Waals surface area contributed by atoms with E-state index in [0.29, 0.717) is 12.1 Å². The quantitative estimate of drug-likeness (QED) is 0.859.